The van der Waals surface area contributed by atoms with E-state index >= 15 is 0 Å². The van der Waals surface area contributed by atoms with Gasteiger partial charge in [-0.1, -0.05) is 56.3 Å². The second-order valence-electron chi connectivity index (χ2n) is 7.57. The molecule has 0 saturated carbocycles. The van der Waals surface area contributed by atoms with Gasteiger partial charge in [0.25, 0.3) is 0 Å². The van der Waals surface area contributed by atoms with E-state index in [-0.39, 0.29) is 17.9 Å². The zero-order chi connectivity index (χ0) is 19.1. The highest BCUT2D eigenvalue weighted by atomic mass is 16.2. The summed E-state index contributed by atoms with van der Waals surface area (Å²) in [5.41, 5.74) is 12.7. The first-order chi connectivity index (χ1) is 12.4. The first-order valence-corrected chi connectivity index (χ1v) is 9.46. The van der Waals surface area contributed by atoms with Crippen molar-refractivity contribution in [2.45, 2.75) is 51.6 Å². The molecule has 0 bridgehead atoms. The number of amides is 2. The van der Waals surface area contributed by atoms with Crippen molar-refractivity contribution < 1.29 is 9.59 Å². The van der Waals surface area contributed by atoms with E-state index in [0.717, 1.165) is 18.4 Å². The molecule has 0 aromatic heterocycles. The summed E-state index contributed by atoms with van der Waals surface area (Å²) >= 11 is 0. The molecule has 142 valence electrons. The fourth-order valence-electron chi connectivity index (χ4n) is 3.54. The van der Waals surface area contributed by atoms with Crippen molar-refractivity contribution in [3.05, 3.63) is 48.0 Å². The molecule has 5 nitrogen and oxygen atoms in total. The number of hydrogen-bond donors (Lipinski definition) is 2. The molecule has 0 unspecified atom stereocenters. The molecule has 1 fully saturated rings. The molecule has 1 heterocycles. The molecule has 1 saturated heterocycles. The molecule has 2 rings (SSSR count). The number of benzene rings is 1. The summed E-state index contributed by atoms with van der Waals surface area (Å²) in [5.74, 6) is -0.302. The third kappa shape index (κ3) is 5.70. The molecular weight excluding hydrogens is 326 g/mol. The van der Waals surface area contributed by atoms with Gasteiger partial charge in [-0.05, 0) is 37.2 Å². The minimum absolute atomic E-state index is 0.0387. The largest absolute Gasteiger partial charge is 0.368 e. The van der Waals surface area contributed by atoms with Crippen molar-refractivity contribution in [3.8, 4) is 0 Å². The smallest absolute Gasteiger partial charge is 0.240 e. The second kappa shape index (κ2) is 9.53. The van der Waals surface area contributed by atoms with E-state index < -0.39 is 11.9 Å². The minimum Gasteiger partial charge on any atom is -0.368 e. The summed E-state index contributed by atoms with van der Waals surface area (Å²) < 4.78 is 0. The van der Waals surface area contributed by atoms with Crippen LogP contribution in [0.4, 0.5) is 0 Å². The molecular formula is C21H31N3O2. The maximum atomic E-state index is 13.1. The first-order valence-electron chi connectivity index (χ1n) is 9.46. The summed E-state index contributed by atoms with van der Waals surface area (Å²) in [6.45, 7) is 4.84. The van der Waals surface area contributed by atoms with Crippen LogP contribution in [0.5, 0.6) is 0 Å². The Hall–Kier alpha value is -2.14. The molecule has 0 spiro atoms. The third-order valence-corrected chi connectivity index (χ3v) is 4.81. The summed E-state index contributed by atoms with van der Waals surface area (Å²) in [5, 5.41) is 0. The van der Waals surface area contributed by atoms with Gasteiger partial charge >= 0.3 is 0 Å². The van der Waals surface area contributed by atoms with E-state index in [9.17, 15) is 9.59 Å². The maximum absolute atomic E-state index is 13.1. The van der Waals surface area contributed by atoms with Gasteiger partial charge in [0.15, 0.2) is 0 Å². The predicted octanol–water partition coefficient (Wildman–Crippen LogP) is 2.25. The molecule has 1 aliphatic rings. The molecule has 1 aliphatic heterocycles. The van der Waals surface area contributed by atoms with Crippen LogP contribution in [0.25, 0.3) is 0 Å². The van der Waals surface area contributed by atoms with Gasteiger partial charge in [-0.3, -0.25) is 9.59 Å². The molecule has 0 radical (unpaired) electrons. The van der Waals surface area contributed by atoms with Gasteiger partial charge in [0.1, 0.15) is 6.04 Å². The van der Waals surface area contributed by atoms with Crippen LogP contribution >= 0.6 is 0 Å². The number of likely N-dealkylation sites (tertiary alicyclic amines) is 1. The van der Waals surface area contributed by atoms with Crippen LogP contribution in [0.15, 0.2) is 42.5 Å². The average Bonchev–Trinajstić information content (AvgIpc) is 3.08. The van der Waals surface area contributed by atoms with Crippen LogP contribution in [-0.2, 0) is 16.0 Å². The Kier molecular flexibility index (Phi) is 7.39. The van der Waals surface area contributed by atoms with Crippen molar-refractivity contribution in [1.82, 2.24) is 4.90 Å². The summed E-state index contributed by atoms with van der Waals surface area (Å²) in [7, 11) is 0. The van der Waals surface area contributed by atoms with Crippen LogP contribution in [-0.4, -0.2) is 35.3 Å². The SMILES string of the molecule is CC(C)C[C@H](N)/C=C/[C@H](Cc1ccccc1)C(=O)N1CCC[C@H]1C(N)=O. The van der Waals surface area contributed by atoms with Gasteiger partial charge in [-0.25, -0.2) is 0 Å². The van der Waals surface area contributed by atoms with Gasteiger partial charge in [-0.2, -0.15) is 0 Å². The highest BCUT2D eigenvalue weighted by Gasteiger charge is 2.35. The molecule has 1 aromatic carbocycles. The quantitative estimate of drug-likeness (QED) is 0.699. The van der Waals surface area contributed by atoms with Crippen molar-refractivity contribution in [2.75, 3.05) is 6.54 Å². The van der Waals surface area contributed by atoms with Crippen molar-refractivity contribution in [1.29, 1.82) is 0 Å². The average molecular weight is 357 g/mol. The molecule has 0 aliphatic carbocycles. The van der Waals surface area contributed by atoms with Gasteiger partial charge in [0, 0.05) is 12.6 Å². The first kappa shape index (κ1) is 20.2. The lowest BCUT2D eigenvalue weighted by Crippen LogP contribution is -2.46. The number of primary amides is 1. The zero-order valence-electron chi connectivity index (χ0n) is 15.8. The van der Waals surface area contributed by atoms with Crippen molar-refractivity contribution >= 4 is 11.8 Å². The van der Waals surface area contributed by atoms with Crippen LogP contribution in [0, 0.1) is 11.8 Å². The van der Waals surface area contributed by atoms with E-state index in [4.69, 9.17) is 11.5 Å². The van der Waals surface area contributed by atoms with Gasteiger partial charge < -0.3 is 16.4 Å². The minimum atomic E-state index is -0.487. The summed E-state index contributed by atoms with van der Waals surface area (Å²) in [4.78, 5) is 26.4. The van der Waals surface area contributed by atoms with E-state index in [0.29, 0.717) is 25.3 Å². The fourth-order valence-corrected chi connectivity index (χ4v) is 3.54. The number of carbonyl (C=O) groups is 2. The molecule has 3 atom stereocenters. The number of nitrogens with two attached hydrogens (primary N) is 2. The Morgan fingerprint density at radius 3 is 2.54 bits per heavy atom. The zero-order valence-corrected chi connectivity index (χ0v) is 15.8. The van der Waals surface area contributed by atoms with Crippen LogP contribution in [0.1, 0.15) is 38.7 Å². The standard InChI is InChI=1S/C21H31N3O2/c1-15(2)13-18(22)11-10-17(14-16-7-4-3-5-8-16)21(26)24-12-6-9-19(24)20(23)25/h3-5,7-8,10-11,15,17-19H,6,9,12-14,22H2,1-2H3,(H2,23,25)/b11-10+/t17-,18-,19+/m1/s1. The van der Waals surface area contributed by atoms with Crippen LogP contribution in [0.3, 0.4) is 0 Å². The second-order valence-corrected chi connectivity index (χ2v) is 7.57. The van der Waals surface area contributed by atoms with E-state index in [1.165, 1.54) is 0 Å². The number of carbonyl (C=O) groups excluding carboxylic acids is 2. The lowest BCUT2D eigenvalue weighted by atomic mass is 9.95. The molecule has 26 heavy (non-hydrogen) atoms. The van der Waals surface area contributed by atoms with Gasteiger partial charge in [0.2, 0.25) is 11.8 Å². The number of hydrogen-bond acceptors (Lipinski definition) is 3. The molecule has 4 N–H and O–H groups in total. The summed E-state index contributed by atoms with van der Waals surface area (Å²) in [6, 6.07) is 9.35. The lowest BCUT2D eigenvalue weighted by Gasteiger charge is -2.26. The van der Waals surface area contributed by atoms with Crippen molar-refractivity contribution in [2.24, 2.45) is 23.3 Å². The highest BCUT2D eigenvalue weighted by molar-refractivity contribution is 5.89. The van der Waals surface area contributed by atoms with E-state index in [2.05, 4.69) is 13.8 Å². The van der Waals surface area contributed by atoms with E-state index in [1.54, 1.807) is 4.90 Å². The Labute approximate surface area is 156 Å². The summed E-state index contributed by atoms with van der Waals surface area (Å²) in [6.07, 6.45) is 6.77. The number of rotatable bonds is 8. The number of nitrogens with zero attached hydrogens (tertiary/aromatic N) is 1. The van der Waals surface area contributed by atoms with E-state index in [1.807, 2.05) is 42.5 Å². The highest BCUT2D eigenvalue weighted by Crippen LogP contribution is 2.22. The fraction of sp³-hybridized carbons (Fsp3) is 0.524. The predicted molar refractivity (Wildman–Crippen MR) is 104 cm³/mol. The monoisotopic (exact) mass is 357 g/mol. The molecule has 5 heteroatoms. The topological polar surface area (TPSA) is 89.4 Å². The Bertz CT molecular complexity index is 627. The van der Waals surface area contributed by atoms with Crippen LogP contribution in [0.2, 0.25) is 0 Å². The van der Waals surface area contributed by atoms with Gasteiger partial charge in [0.05, 0.1) is 5.92 Å². The Morgan fingerprint density at radius 1 is 1.23 bits per heavy atom. The lowest BCUT2D eigenvalue weighted by molar-refractivity contribution is -0.139. The third-order valence-electron chi connectivity index (χ3n) is 4.81. The molecule has 2 amide bonds. The Balaban J connectivity index is 2.17. The van der Waals surface area contributed by atoms with Crippen LogP contribution < -0.4 is 11.5 Å². The normalized spacial score (nSPS) is 19.8. The van der Waals surface area contributed by atoms with Crippen molar-refractivity contribution in [3.63, 3.8) is 0 Å². The molecule has 1 aromatic rings. The maximum Gasteiger partial charge on any atom is 0.240 e. The van der Waals surface area contributed by atoms with Gasteiger partial charge in [-0.15, -0.1) is 0 Å². The Morgan fingerprint density at radius 2 is 1.92 bits per heavy atom.